The van der Waals surface area contributed by atoms with Crippen LogP contribution >= 0.6 is 21.6 Å². The van der Waals surface area contributed by atoms with Gasteiger partial charge >= 0.3 is 0 Å². The third-order valence-corrected chi connectivity index (χ3v) is 6.07. The lowest BCUT2D eigenvalue weighted by Crippen LogP contribution is -2.31. The molecule has 3 aliphatic rings. The van der Waals surface area contributed by atoms with Crippen LogP contribution in [0.2, 0.25) is 0 Å². The Morgan fingerprint density at radius 1 is 0.857 bits per heavy atom. The molecule has 0 saturated heterocycles. The Labute approximate surface area is 90.9 Å². The second kappa shape index (κ2) is 2.61. The van der Waals surface area contributed by atoms with Crippen molar-refractivity contribution >= 4 is 32.1 Å². The van der Waals surface area contributed by atoms with Gasteiger partial charge in [0.15, 0.2) is 0 Å². The molecule has 0 fully saturated rings. The first-order valence-electron chi connectivity index (χ1n) is 5.15. The van der Waals surface area contributed by atoms with E-state index in [4.69, 9.17) is 0 Å². The Morgan fingerprint density at radius 3 is 2.79 bits per heavy atom. The number of rotatable bonds is 0. The van der Waals surface area contributed by atoms with E-state index >= 15 is 0 Å². The number of hydrogen-bond donors (Lipinski definition) is 0. The fraction of sp³-hybridized carbons (Fsp3) is 0.333. The van der Waals surface area contributed by atoms with Crippen LogP contribution in [0.3, 0.4) is 0 Å². The molecule has 0 N–H and O–H groups in total. The molecule has 0 unspecified atom stereocenters. The van der Waals surface area contributed by atoms with Crippen LogP contribution in [0.5, 0.6) is 0 Å². The largest absolute Gasteiger partial charge is 0.0613 e. The van der Waals surface area contributed by atoms with Crippen molar-refractivity contribution in [3.05, 3.63) is 28.1 Å². The molecule has 1 heterocycles. The van der Waals surface area contributed by atoms with E-state index in [9.17, 15) is 0 Å². The van der Waals surface area contributed by atoms with Crippen LogP contribution in [0.1, 0.15) is 24.8 Å². The van der Waals surface area contributed by atoms with Crippen molar-refractivity contribution in [1.29, 1.82) is 0 Å². The number of aryl methyl sites for hydroxylation is 1. The summed E-state index contributed by atoms with van der Waals surface area (Å²) in [7, 11) is 3.95. The van der Waals surface area contributed by atoms with Crippen molar-refractivity contribution in [3.63, 3.8) is 0 Å². The lowest BCUT2D eigenvalue weighted by molar-refractivity contribution is 0.986. The zero-order chi connectivity index (χ0) is 9.12. The first-order valence-corrected chi connectivity index (χ1v) is 7.30. The van der Waals surface area contributed by atoms with E-state index in [0.29, 0.717) is 0 Å². The highest BCUT2D eigenvalue weighted by atomic mass is 33.1. The van der Waals surface area contributed by atoms with Crippen molar-refractivity contribution in [2.24, 2.45) is 0 Å². The molecule has 14 heavy (non-hydrogen) atoms. The van der Waals surface area contributed by atoms with Crippen LogP contribution in [-0.4, -0.2) is 0 Å². The molecule has 1 aromatic carbocycles. The molecule has 2 heteroatoms. The second-order valence-corrected chi connectivity index (χ2v) is 6.43. The molecule has 0 radical (unpaired) electrons. The summed E-state index contributed by atoms with van der Waals surface area (Å²) in [6, 6.07) is 4.68. The molecule has 4 rings (SSSR count). The van der Waals surface area contributed by atoms with Crippen LogP contribution in [0.25, 0.3) is 10.5 Å². The summed E-state index contributed by atoms with van der Waals surface area (Å²) in [6.07, 6.45) is 5.25. The lowest BCUT2D eigenvalue weighted by Gasteiger charge is -2.08. The van der Waals surface area contributed by atoms with E-state index < -0.39 is 0 Å². The Morgan fingerprint density at radius 2 is 1.79 bits per heavy atom. The Balaban J connectivity index is 2.33. The van der Waals surface area contributed by atoms with Gasteiger partial charge in [0, 0.05) is 15.0 Å². The van der Waals surface area contributed by atoms with Crippen molar-refractivity contribution in [1.82, 2.24) is 0 Å². The average molecular weight is 218 g/mol. The summed E-state index contributed by atoms with van der Waals surface area (Å²) in [4.78, 5) is 3.16. The molecule has 0 saturated carbocycles. The summed E-state index contributed by atoms with van der Waals surface area (Å²) in [5.41, 5.74) is 3.35. The lowest BCUT2D eigenvalue weighted by atomic mass is 10.0. The molecule has 0 amide bonds. The summed E-state index contributed by atoms with van der Waals surface area (Å²) in [6.45, 7) is 0. The fourth-order valence-corrected chi connectivity index (χ4v) is 5.47. The third-order valence-electron chi connectivity index (χ3n) is 3.47. The van der Waals surface area contributed by atoms with Gasteiger partial charge in [-0.05, 0) is 42.5 Å². The fourth-order valence-electron chi connectivity index (χ4n) is 2.81. The zero-order valence-electron chi connectivity index (χ0n) is 7.80. The van der Waals surface area contributed by atoms with Gasteiger partial charge in [-0.15, -0.1) is 0 Å². The van der Waals surface area contributed by atoms with E-state index in [2.05, 4.69) is 12.1 Å². The maximum atomic E-state index is 2.35. The van der Waals surface area contributed by atoms with Crippen LogP contribution < -0.4 is 10.4 Å². The summed E-state index contributed by atoms with van der Waals surface area (Å²) >= 11 is 0. The van der Waals surface area contributed by atoms with Gasteiger partial charge in [0.05, 0.1) is 0 Å². The molecule has 0 nitrogen and oxygen atoms in total. The van der Waals surface area contributed by atoms with Gasteiger partial charge in [-0.1, -0.05) is 33.2 Å². The molecule has 0 spiro atoms. The highest BCUT2D eigenvalue weighted by Gasteiger charge is 2.24. The summed E-state index contributed by atoms with van der Waals surface area (Å²) in [5, 5.41) is 3.28. The Kier molecular flexibility index (Phi) is 1.47. The van der Waals surface area contributed by atoms with Crippen LogP contribution in [0.15, 0.2) is 17.0 Å². The second-order valence-electron chi connectivity index (χ2n) is 4.17. The predicted octanol–water partition coefficient (Wildman–Crippen LogP) is 2.44. The van der Waals surface area contributed by atoms with E-state index in [1.165, 1.54) is 30.6 Å². The minimum Gasteiger partial charge on any atom is -0.0613 e. The Hall–Kier alpha value is -0.340. The molecule has 0 aromatic heterocycles. The smallest absolute Gasteiger partial charge is 0.0273 e. The SMILES string of the molecule is c1cc2c3c4c1CCC=4CCC=3SS2. The van der Waals surface area contributed by atoms with Gasteiger partial charge in [0.25, 0.3) is 0 Å². The predicted molar refractivity (Wildman–Crippen MR) is 63.5 cm³/mol. The number of hydrogen-bond acceptors (Lipinski definition) is 2. The van der Waals surface area contributed by atoms with Crippen molar-refractivity contribution in [2.75, 3.05) is 0 Å². The minimum absolute atomic E-state index is 1.29. The molecule has 70 valence electrons. The van der Waals surface area contributed by atoms with E-state index in [0.717, 1.165) is 0 Å². The molecular formula is C12H10S2. The quantitative estimate of drug-likeness (QED) is 0.613. The minimum atomic E-state index is 1.29. The highest BCUT2D eigenvalue weighted by molar-refractivity contribution is 8.80. The molecule has 0 bridgehead atoms. The van der Waals surface area contributed by atoms with Gasteiger partial charge in [0.1, 0.15) is 0 Å². The van der Waals surface area contributed by atoms with Gasteiger partial charge < -0.3 is 0 Å². The first kappa shape index (κ1) is 7.89. The molecular weight excluding hydrogens is 208 g/mol. The summed E-state index contributed by atoms with van der Waals surface area (Å²) < 4.78 is 0. The van der Waals surface area contributed by atoms with Gasteiger partial charge in [-0.3, -0.25) is 0 Å². The molecule has 2 aliphatic carbocycles. The standard InChI is InChI=1S/C12H10S2/c1-2-8-4-6-10-12-9(13-14-10)5-3-7(1)11(8)12/h3,5H,1-2,4,6H2. The third kappa shape index (κ3) is 0.842. The average Bonchev–Trinajstić information content (AvgIpc) is 2.77. The van der Waals surface area contributed by atoms with Crippen molar-refractivity contribution < 1.29 is 0 Å². The molecule has 1 aromatic rings. The summed E-state index contributed by atoms with van der Waals surface area (Å²) in [5.74, 6) is 0. The van der Waals surface area contributed by atoms with Crippen LogP contribution in [-0.2, 0) is 6.42 Å². The normalized spacial score (nSPS) is 21.7. The van der Waals surface area contributed by atoms with E-state index in [1.54, 1.807) is 26.5 Å². The van der Waals surface area contributed by atoms with Gasteiger partial charge in [0.2, 0.25) is 0 Å². The molecule has 1 aliphatic heterocycles. The maximum Gasteiger partial charge on any atom is 0.0273 e. The number of benzene rings is 1. The highest BCUT2D eigenvalue weighted by Crippen LogP contribution is 2.45. The van der Waals surface area contributed by atoms with Crippen LogP contribution in [0, 0.1) is 0 Å². The van der Waals surface area contributed by atoms with Gasteiger partial charge in [-0.2, -0.15) is 0 Å². The van der Waals surface area contributed by atoms with Crippen molar-refractivity contribution in [3.8, 4) is 0 Å². The topological polar surface area (TPSA) is 0 Å². The van der Waals surface area contributed by atoms with Crippen molar-refractivity contribution in [2.45, 2.75) is 30.6 Å². The molecule has 0 atom stereocenters. The van der Waals surface area contributed by atoms with E-state index in [1.807, 2.05) is 21.6 Å². The van der Waals surface area contributed by atoms with Crippen LogP contribution in [0.4, 0.5) is 0 Å². The zero-order valence-corrected chi connectivity index (χ0v) is 9.43. The maximum absolute atomic E-state index is 2.35. The Bertz CT molecular complexity index is 503. The monoisotopic (exact) mass is 218 g/mol. The van der Waals surface area contributed by atoms with Gasteiger partial charge in [-0.25, -0.2) is 0 Å². The first-order chi connectivity index (χ1) is 6.93. The van der Waals surface area contributed by atoms with E-state index in [-0.39, 0.29) is 0 Å².